The van der Waals surface area contributed by atoms with Crippen molar-refractivity contribution < 1.29 is 28.6 Å². The molecule has 0 aromatic carbocycles. The Hall–Kier alpha value is -1.59. The van der Waals surface area contributed by atoms with Crippen LogP contribution in [-0.2, 0) is 28.6 Å². The van der Waals surface area contributed by atoms with Gasteiger partial charge in [0.1, 0.15) is 19.8 Å². The highest BCUT2D eigenvalue weighted by Gasteiger charge is 2.34. The molecule has 0 bridgehead atoms. The minimum Gasteiger partial charge on any atom is -0.465 e. The predicted octanol–water partition coefficient (Wildman–Crippen LogP) is 2.24. The molecule has 0 spiro atoms. The molecule has 0 aliphatic heterocycles. The number of rotatable bonds is 10. The van der Waals surface area contributed by atoms with Gasteiger partial charge in [-0.25, -0.2) is 0 Å². The molecule has 0 saturated carbocycles. The Labute approximate surface area is 126 Å². The Bertz CT molecular complexity index is 305. The molecule has 0 saturated heterocycles. The lowest BCUT2D eigenvalue weighted by Gasteiger charge is -2.31. The zero-order valence-corrected chi connectivity index (χ0v) is 13.4. The highest BCUT2D eigenvalue weighted by Crippen LogP contribution is 2.27. The van der Waals surface area contributed by atoms with Gasteiger partial charge in [0, 0.05) is 20.8 Å². The van der Waals surface area contributed by atoms with Crippen molar-refractivity contribution in [2.75, 3.05) is 19.8 Å². The minimum absolute atomic E-state index is 0.0621. The van der Waals surface area contributed by atoms with Crippen LogP contribution in [0.5, 0.6) is 0 Å². The normalized spacial score (nSPS) is 10.9. The quantitative estimate of drug-likeness (QED) is 0.350. The van der Waals surface area contributed by atoms with E-state index in [9.17, 15) is 14.4 Å². The number of esters is 3. The van der Waals surface area contributed by atoms with Crippen molar-refractivity contribution in [2.45, 2.75) is 53.4 Å². The van der Waals surface area contributed by atoms with Gasteiger partial charge in [-0.3, -0.25) is 14.4 Å². The molecule has 0 atom stereocenters. The van der Waals surface area contributed by atoms with E-state index in [1.54, 1.807) is 0 Å². The van der Waals surface area contributed by atoms with Crippen molar-refractivity contribution in [2.24, 2.45) is 5.41 Å². The lowest BCUT2D eigenvalue weighted by Crippen LogP contribution is -2.39. The van der Waals surface area contributed by atoms with E-state index in [0.717, 1.165) is 19.3 Å². The maximum absolute atomic E-state index is 11.1. The number of ether oxygens (including phenoxy) is 3. The molecule has 0 aromatic heterocycles. The zero-order chi connectivity index (χ0) is 16.3. The van der Waals surface area contributed by atoms with Gasteiger partial charge >= 0.3 is 17.9 Å². The van der Waals surface area contributed by atoms with Gasteiger partial charge in [0.25, 0.3) is 0 Å². The molecule has 21 heavy (non-hydrogen) atoms. The van der Waals surface area contributed by atoms with Crippen LogP contribution in [0, 0.1) is 5.41 Å². The van der Waals surface area contributed by atoms with Gasteiger partial charge in [-0.1, -0.05) is 26.2 Å². The van der Waals surface area contributed by atoms with Crippen LogP contribution in [0.3, 0.4) is 0 Å². The molecule has 122 valence electrons. The average Bonchev–Trinajstić information content (AvgIpc) is 2.40. The Kier molecular flexibility index (Phi) is 9.41. The predicted molar refractivity (Wildman–Crippen MR) is 76.5 cm³/mol. The molecule has 0 aromatic rings. The van der Waals surface area contributed by atoms with Gasteiger partial charge in [0.2, 0.25) is 0 Å². The number of carbonyl (C=O) groups is 3. The van der Waals surface area contributed by atoms with E-state index in [2.05, 4.69) is 6.92 Å². The van der Waals surface area contributed by atoms with Crippen molar-refractivity contribution in [3.05, 3.63) is 0 Å². The van der Waals surface area contributed by atoms with E-state index in [4.69, 9.17) is 14.2 Å². The van der Waals surface area contributed by atoms with Crippen molar-refractivity contribution in [1.29, 1.82) is 0 Å². The number of carbonyl (C=O) groups excluding carboxylic acids is 3. The molecule has 6 heteroatoms. The first-order chi connectivity index (χ1) is 9.81. The van der Waals surface area contributed by atoms with E-state index in [1.807, 2.05) is 0 Å². The SMILES string of the molecule is CCCCCC(COC(C)=O)(COC(C)=O)COC(C)=O. The molecule has 0 radical (unpaired) electrons. The van der Waals surface area contributed by atoms with Crippen molar-refractivity contribution in [3.8, 4) is 0 Å². The Morgan fingerprint density at radius 3 is 1.43 bits per heavy atom. The van der Waals surface area contributed by atoms with E-state index in [0.29, 0.717) is 6.42 Å². The summed E-state index contributed by atoms with van der Waals surface area (Å²) < 4.78 is 15.2. The van der Waals surface area contributed by atoms with Gasteiger partial charge < -0.3 is 14.2 Å². The summed E-state index contributed by atoms with van der Waals surface area (Å²) in [6.45, 7) is 6.20. The third-order valence-electron chi connectivity index (χ3n) is 3.06. The fourth-order valence-electron chi connectivity index (χ4n) is 1.86. The van der Waals surface area contributed by atoms with E-state index in [1.165, 1.54) is 20.8 Å². The summed E-state index contributed by atoms with van der Waals surface area (Å²) in [5.41, 5.74) is -0.682. The standard InChI is InChI=1S/C15H26O6/c1-5-6-7-8-15(9-19-12(2)16,10-20-13(3)17)11-21-14(4)18/h5-11H2,1-4H3. The second-order valence-electron chi connectivity index (χ2n) is 5.30. The zero-order valence-electron chi connectivity index (χ0n) is 13.4. The Morgan fingerprint density at radius 2 is 1.14 bits per heavy atom. The number of hydrogen-bond acceptors (Lipinski definition) is 6. The summed E-state index contributed by atoms with van der Waals surface area (Å²) in [4.78, 5) is 33.2. The first-order valence-electron chi connectivity index (χ1n) is 7.21. The molecule has 0 N–H and O–H groups in total. The fourth-order valence-corrected chi connectivity index (χ4v) is 1.86. The van der Waals surface area contributed by atoms with Crippen LogP contribution in [0.4, 0.5) is 0 Å². The molecule has 0 unspecified atom stereocenters. The summed E-state index contributed by atoms with van der Waals surface area (Å²) in [7, 11) is 0. The fraction of sp³-hybridized carbons (Fsp3) is 0.800. The van der Waals surface area contributed by atoms with Crippen LogP contribution in [0.2, 0.25) is 0 Å². The molecule has 0 rings (SSSR count). The van der Waals surface area contributed by atoms with Crippen LogP contribution in [0.25, 0.3) is 0 Å². The number of hydrogen-bond donors (Lipinski definition) is 0. The van der Waals surface area contributed by atoms with Gasteiger partial charge in [0.15, 0.2) is 0 Å². The van der Waals surface area contributed by atoms with Gasteiger partial charge in [0.05, 0.1) is 5.41 Å². The molecule has 6 nitrogen and oxygen atoms in total. The molecular weight excluding hydrogens is 276 g/mol. The summed E-state index contributed by atoms with van der Waals surface area (Å²) in [5, 5.41) is 0. The minimum atomic E-state index is -0.682. The van der Waals surface area contributed by atoms with E-state index in [-0.39, 0.29) is 19.8 Å². The molecular formula is C15H26O6. The monoisotopic (exact) mass is 302 g/mol. The number of unbranched alkanes of at least 4 members (excludes halogenated alkanes) is 2. The summed E-state index contributed by atoms with van der Waals surface area (Å²) in [6, 6.07) is 0. The van der Waals surface area contributed by atoms with E-state index < -0.39 is 23.3 Å². The van der Waals surface area contributed by atoms with Gasteiger partial charge in [-0.2, -0.15) is 0 Å². The van der Waals surface area contributed by atoms with Crippen LogP contribution in [-0.4, -0.2) is 37.7 Å². The van der Waals surface area contributed by atoms with Gasteiger partial charge in [-0.15, -0.1) is 0 Å². The maximum Gasteiger partial charge on any atom is 0.302 e. The van der Waals surface area contributed by atoms with Crippen LogP contribution >= 0.6 is 0 Å². The average molecular weight is 302 g/mol. The summed E-state index contributed by atoms with van der Waals surface area (Å²) >= 11 is 0. The highest BCUT2D eigenvalue weighted by molar-refractivity contribution is 5.67. The highest BCUT2D eigenvalue weighted by atomic mass is 16.6. The lowest BCUT2D eigenvalue weighted by atomic mass is 9.84. The second kappa shape index (κ2) is 10.2. The third-order valence-corrected chi connectivity index (χ3v) is 3.06. The smallest absolute Gasteiger partial charge is 0.302 e. The maximum atomic E-state index is 11.1. The molecule has 0 fully saturated rings. The lowest BCUT2D eigenvalue weighted by molar-refractivity contribution is -0.159. The van der Waals surface area contributed by atoms with Crippen LogP contribution in [0.1, 0.15) is 53.4 Å². The summed E-state index contributed by atoms with van der Waals surface area (Å²) in [5.74, 6) is -1.25. The van der Waals surface area contributed by atoms with Crippen LogP contribution in [0.15, 0.2) is 0 Å². The second-order valence-corrected chi connectivity index (χ2v) is 5.30. The molecule has 0 amide bonds. The first kappa shape index (κ1) is 19.4. The van der Waals surface area contributed by atoms with E-state index >= 15 is 0 Å². The topological polar surface area (TPSA) is 78.9 Å². The van der Waals surface area contributed by atoms with Crippen molar-refractivity contribution in [3.63, 3.8) is 0 Å². The molecule has 0 aliphatic carbocycles. The Morgan fingerprint density at radius 1 is 0.762 bits per heavy atom. The van der Waals surface area contributed by atoms with Crippen LogP contribution < -0.4 is 0 Å². The first-order valence-corrected chi connectivity index (χ1v) is 7.21. The molecule has 0 heterocycles. The van der Waals surface area contributed by atoms with Crippen molar-refractivity contribution >= 4 is 17.9 Å². The largest absolute Gasteiger partial charge is 0.465 e. The third kappa shape index (κ3) is 9.87. The summed E-state index contributed by atoms with van der Waals surface area (Å²) in [6.07, 6.45) is 3.56. The van der Waals surface area contributed by atoms with Crippen molar-refractivity contribution in [1.82, 2.24) is 0 Å². The Balaban J connectivity index is 4.89. The molecule has 0 aliphatic rings. The van der Waals surface area contributed by atoms with Gasteiger partial charge in [-0.05, 0) is 6.42 Å².